The second-order valence-electron chi connectivity index (χ2n) is 5.07. The van der Waals surface area contributed by atoms with Crippen molar-refractivity contribution >= 4 is 5.91 Å². The van der Waals surface area contributed by atoms with Crippen LogP contribution in [0.3, 0.4) is 0 Å². The molecule has 0 saturated carbocycles. The molecule has 0 spiro atoms. The Hall–Kier alpha value is -1.95. The van der Waals surface area contributed by atoms with Crippen LogP contribution in [-0.4, -0.2) is 30.5 Å². The lowest BCUT2D eigenvalue weighted by Gasteiger charge is -2.31. The topological polar surface area (TPSA) is 29.5 Å². The Morgan fingerprint density at radius 3 is 2.80 bits per heavy atom. The molecule has 1 aromatic rings. The Bertz CT molecular complexity index is 519. The average molecular weight is 271 g/mol. The van der Waals surface area contributed by atoms with Gasteiger partial charge in [-0.05, 0) is 43.4 Å². The van der Waals surface area contributed by atoms with Gasteiger partial charge in [0.2, 0.25) is 5.91 Å². The fraction of sp³-hybridized carbons (Fsp3) is 0.471. The molecule has 1 saturated heterocycles. The first-order chi connectivity index (χ1) is 9.70. The van der Waals surface area contributed by atoms with Gasteiger partial charge in [0.05, 0.1) is 0 Å². The molecule has 1 fully saturated rings. The number of carbonyl (C=O) groups is 1. The van der Waals surface area contributed by atoms with Gasteiger partial charge >= 0.3 is 0 Å². The Labute approximate surface area is 120 Å². The molecule has 0 radical (unpaired) electrons. The van der Waals surface area contributed by atoms with E-state index in [9.17, 15) is 4.79 Å². The lowest BCUT2D eigenvalue weighted by molar-refractivity contribution is -0.129. The molecule has 0 aromatic heterocycles. The van der Waals surface area contributed by atoms with Crippen LogP contribution < -0.4 is 4.74 Å². The van der Waals surface area contributed by atoms with Crippen LogP contribution in [0.15, 0.2) is 24.3 Å². The van der Waals surface area contributed by atoms with Crippen molar-refractivity contribution in [2.75, 3.05) is 19.7 Å². The molecule has 2 rings (SSSR count). The van der Waals surface area contributed by atoms with E-state index in [-0.39, 0.29) is 5.91 Å². The number of carbonyl (C=O) groups excluding carboxylic acids is 1. The third-order valence-electron chi connectivity index (χ3n) is 3.76. The average Bonchev–Trinajstić information content (AvgIpc) is 2.48. The molecule has 1 aromatic carbocycles. The first-order valence-corrected chi connectivity index (χ1v) is 7.08. The van der Waals surface area contributed by atoms with Gasteiger partial charge in [0.15, 0.2) is 0 Å². The molecule has 3 heteroatoms. The van der Waals surface area contributed by atoms with E-state index in [1.807, 2.05) is 24.0 Å². The Morgan fingerprint density at radius 2 is 2.15 bits per heavy atom. The Morgan fingerprint density at radius 1 is 1.40 bits per heavy atom. The minimum Gasteiger partial charge on any atom is -0.481 e. The summed E-state index contributed by atoms with van der Waals surface area (Å²) in [6.45, 7) is 5.59. The van der Waals surface area contributed by atoms with Gasteiger partial charge in [-0.15, -0.1) is 5.92 Å². The third kappa shape index (κ3) is 3.77. The smallest absolute Gasteiger partial charge is 0.219 e. The normalized spacial score (nSPS) is 15.4. The van der Waals surface area contributed by atoms with Crippen LogP contribution >= 0.6 is 0 Å². The summed E-state index contributed by atoms with van der Waals surface area (Å²) in [7, 11) is 0. The van der Waals surface area contributed by atoms with Gasteiger partial charge < -0.3 is 9.64 Å². The van der Waals surface area contributed by atoms with Crippen LogP contribution in [0.5, 0.6) is 5.75 Å². The van der Waals surface area contributed by atoms with Crippen LogP contribution in [0.2, 0.25) is 0 Å². The molecule has 1 aliphatic rings. The Kier molecular flexibility index (Phi) is 5.06. The molecule has 20 heavy (non-hydrogen) atoms. The SMILES string of the molecule is CC#CCOc1cccc(C2CCN(C(C)=O)CC2)c1. The summed E-state index contributed by atoms with van der Waals surface area (Å²) >= 11 is 0. The summed E-state index contributed by atoms with van der Waals surface area (Å²) in [4.78, 5) is 13.3. The molecular formula is C17H21NO2. The van der Waals surface area contributed by atoms with Crippen molar-refractivity contribution in [3.05, 3.63) is 29.8 Å². The molecular weight excluding hydrogens is 250 g/mol. The van der Waals surface area contributed by atoms with E-state index >= 15 is 0 Å². The lowest BCUT2D eigenvalue weighted by Crippen LogP contribution is -2.36. The summed E-state index contributed by atoms with van der Waals surface area (Å²) in [5, 5.41) is 0. The molecule has 3 nitrogen and oxygen atoms in total. The number of hydrogen-bond donors (Lipinski definition) is 0. The number of likely N-dealkylation sites (tertiary alicyclic amines) is 1. The van der Waals surface area contributed by atoms with Crippen molar-refractivity contribution in [2.45, 2.75) is 32.6 Å². The molecule has 0 bridgehead atoms. The van der Waals surface area contributed by atoms with Crippen molar-refractivity contribution in [1.29, 1.82) is 0 Å². The summed E-state index contributed by atoms with van der Waals surface area (Å²) < 4.78 is 5.60. The highest BCUT2D eigenvalue weighted by molar-refractivity contribution is 5.73. The monoisotopic (exact) mass is 271 g/mol. The van der Waals surface area contributed by atoms with Gasteiger partial charge in [-0.25, -0.2) is 0 Å². The van der Waals surface area contributed by atoms with Crippen molar-refractivity contribution < 1.29 is 9.53 Å². The highest BCUT2D eigenvalue weighted by Crippen LogP contribution is 2.30. The van der Waals surface area contributed by atoms with E-state index in [2.05, 4.69) is 24.0 Å². The second kappa shape index (κ2) is 7.00. The minimum absolute atomic E-state index is 0.179. The van der Waals surface area contributed by atoms with Crippen LogP contribution in [-0.2, 0) is 4.79 Å². The zero-order valence-electron chi connectivity index (χ0n) is 12.2. The molecule has 106 valence electrons. The number of nitrogens with zero attached hydrogens (tertiary/aromatic N) is 1. The van der Waals surface area contributed by atoms with E-state index in [1.54, 1.807) is 6.92 Å². The van der Waals surface area contributed by atoms with Gasteiger partial charge in [-0.1, -0.05) is 18.1 Å². The Balaban J connectivity index is 1.97. The molecule has 0 unspecified atom stereocenters. The maximum atomic E-state index is 11.3. The first-order valence-electron chi connectivity index (χ1n) is 7.08. The first kappa shape index (κ1) is 14.5. The van der Waals surface area contributed by atoms with E-state index in [4.69, 9.17) is 4.74 Å². The number of piperidine rings is 1. The molecule has 0 aliphatic carbocycles. The van der Waals surface area contributed by atoms with E-state index in [0.717, 1.165) is 31.7 Å². The minimum atomic E-state index is 0.179. The van der Waals surface area contributed by atoms with Crippen molar-refractivity contribution in [3.8, 4) is 17.6 Å². The van der Waals surface area contributed by atoms with Gasteiger partial charge in [-0.2, -0.15) is 0 Å². The maximum Gasteiger partial charge on any atom is 0.219 e. The predicted molar refractivity (Wildman–Crippen MR) is 79.6 cm³/mol. The predicted octanol–water partition coefficient (Wildman–Crippen LogP) is 2.81. The van der Waals surface area contributed by atoms with Crippen LogP contribution in [0.1, 0.15) is 38.2 Å². The third-order valence-corrected chi connectivity index (χ3v) is 3.76. The van der Waals surface area contributed by atoms with Crippen molar-refractivity contribution in [3.63, 3.8) is 0 Å². The van der Waals surface area contributed by atoms with E-state index in [1.165, 1.54) is 5.56 Å². The van der Waals surface area contributed by atoms with E-state index < -0.39 is 0 Å². The van der Waals surface area contributed by atoms with Crippen LogP contribution in [0, 0.1) is 11.8 Å². The molecule has 0 N–H and O–H groups in total. The summed E-state index contributed by atoms with van der Waals surface area (Å²) in [5.74, 6) is 7.29. The molecule has 1 heterocycles. The van der Waals surface area contributed by atoms with Gasteiger partial charge in [0.25, 0.3) is 0 Å². The largest absolute Gasteiger partial charge is 0.481 e. The fourth-order valence-corrected chi connectivity index (χ4v) is 2.58. The summed E-state index contributed by atoms with van der Waals surface area (Å²) in [6.07, 6.45) is 2.05. The lowest BCUT2D eigenvalue weighted by atomic mass is 9.89. The quantitative estimate of drug-likeness (QED) is 0.791. The zero-order valence-corrected chi connectivity index (χ0v) is 12.2. The number of rotatable bonds is 3. The summed E-state index contributed by atoms with van der Waals surface area (Å²) in [6, 6.07) is 8.24. The maximum absolute atomic E-state index is 11.3. The number of ether oxygens (including phenoxy) is 1. The van der Waals surface area contributed by atoms with Gasteiger partial charge in [0.1, 0.15) is 12.4 Å². The second-order valence-corrected chi connectivity index (χ2v) is 5.07. The number of hydrogen-bond acceptors (Lipinski definition) is 2. The fourth-order valence-electron chi connectivity index (χ4n) is 2.58. The standard InChI is InChI=1S/C17H21NO2/c1-3-4-12-20-17-7-5-6-16(13-17)15-8-10-18(11-9-15)14(2)19/h5-7,13,15H,8-12H2,1-2H3. The number of benzene rings is 1. The van der Waals surface area contributed by atoms with Crippen LogP contribution in [0.4, 0.5) is 0 Å². The zero-order chi connectivity index (χ0) is 14.4. The van der Waals surface area contributed by atoms with Crippen molar-refractivity contribution in [2.24, 2.45) is 0 Å². The van der Waals surface area contributed by atoms with Gasteiger partial charge in [-0.3, -0.25) is 4.79 Å². The summed E-state index contributed by atoms with van der Waals surface area (Å²) in [5.41, 5.74) is 1.30. The highest BCUT2D eigenvalue weighted by atomic mass is 16.5. The van der Waals surface area contributed by atoms with E-state index in [0.29, 0.717) is 12.5 Å². The highest BCUT2D eigenvalue weighted by Gasteiger charge is 2.22. The molecule has 1 aliphatic heterocycles. The van der Waals surface area contributed by atoms with Crippen molar-refractivity contribution in [1.82, 2.24) is 4.90 Å². The van der Waals surface area contributed by atoms with Crippen LogP contribution in [0.25, 0.3) is 0 Å². The number of amides is 1. The molecule has 1 amide bonds. The molecule has 0 atom stereocenters. The van der Waals surface area contributed by atoms with Gasteiger partial charge in [0, 0.05) is 20.0 Å².